The summed E-state index contributed by atoms with van der Waals surface area (Å²) >= 11 is 7.33. The number of amides is 1. The van der Waals surface area contributed by atoms with Crippen molar-refractivity contribution in [2.24, 2.45) is 5.10 Å². The lowest BCUT2D eigenvalue weighted by Gasteiger charge is -2.04. The molecule has 1 heterocycles. The number of carbonyl (C=O) groups is 1. The van der Waals surface area contributed by atoms with Gasteiger partial charge in [-0.15, -0.1) is 11.8 Å². The zero-order valence-corrected chi connectivity index (χ0v) is 14.2. The molecule has 3 rings (SSSR count). The molecule has 0 unspecified atom stereocenters. The Bertz CT molecular complexity index is 893. The maximum atomic E-state index is 11.9. The number of hydrazone groups is 1. The van der Waals surface area contributed by atoms with Crippen molar-refractivity contribution >= 4 is 46.4 Å². The average Bonchev–Trinajstić information content (AvgIpc) is 2.60. The first kappa shape index (κ1) is 16.5. The molecule has 0 radical (unpaired) electrons. The van der Waals surface area contributed by atoms with E-state index in [2.05, 4.69) is 15.5 Å². The van der Waals surface area contributed by atoms with Crippen molar-refractivity contribution in [2.75, 3.05) is 5.75 Å². The quantitative estimate of drug-likeness (QED) is 0.425. The van der Waals surface area contributed by atoms with Gasteiger partial charge >= 0.3 is 0 Å². The third kappa shape index (κ3) is 4.34. The summed E-state index contributed by atoms with van der Waals surface area (Å²) in [5, 5.41) is 5.63. The topological polar surface area (TPSA) is 54.4 Å². The molecule has 0 saturated carbocycles. The first-order valence-corrected chi connectivity index (χ1v) is 8.63. The predicted octanol–water partition coefficient (Wildman–Crippen LogP) is 4.13. The maximum absolute atomic E-state index is 11.9. The van der Waals surface area contributed by atoms with E-state index in [1.165, 1.54) is 11.8 Å². The number of benzene rings is 2. The molecule has 2 aromatic carbocycles. The molecule has 0 atom stereocenters. The summed E-state index contributed by atoms with van der Waals surface area (Å²) in [7, 11) is 0. The van der Waals surface area contributed by atoms with Crippen LogP contribution in [0.15, 0.2) is 70.8 Å². The van der Waals surface area contributed by atoms with Gasteiger partial charge in [0.15, 0.2) is 0 Å². The molecule has 0 fully saturated rings. The average molecular weight is 356 g/mol. The highest BCUT2D eigenvalue weighted by Gasteiger charge is 2.05. The molecule has 120 valence electrons. The highest BCUT2D eigenvalue weighted by Crippen LogP contribution is 2.25. The Morgan fingerprint density at radius 3 is 2.92 bits per heavy atom. The number of carbonyl (C=O) groups excluding carboxylic acids is 1. The highest BCUT2D eigenvalue weighted by molar-refractivity contribution is 8.00. The minimum absolute atomic E-state index is 0.175. The summed E-state index contributed by atoms with van der Waals surface area (Å²) in [5.74, 6) is 0.0916. The lowest BCUT2D eigenvalue weighted by atomic mass is 10.2. The Morgan fingerprint density at radius 1 is 1.21 bits per heavy atom. The van der Waals surface area contributed by atoms with E-state index in [4.69, 9.17) is 11.6 Å². The van der Waals surface area contributed by atoms with Crippen LogP contribution in [0.1, 0.15) is 5.56 Å². The van der Waals surface area contributed by atoms with Crippen LogP contribution in [0.3, 0.4) is 0 Å². The molecule has 1 amide bonds. The number of nitrogens with zero attached hydrogens (tertiary/aromatic N) is 2. The summed E-state index contributed by atoms with van der Waals surface area (Å²) < 4.78 is 0. The Kier molecular flexibility index (Phi) is 5.46. The van der Waals surface area contributed by atoms with Crippen LogP contribution in [0.25, 0.3) is 10.9 Å². The van der Waals surface area contributed by atoms with E-state index in [9.17, 15) is 4.79 Å². The van der Waals surface area contributed by atoms with E-state index in [0.717, 1.165) is 21.4 Å². The van der Waals surface area contributed by atoms with E-state index < -0.39 is 0 Å². The zero-order valence-electron chi connectivity index (χ0n) is 12.6. The standard InChI is InChI=1S/C18H14ClN3OS/c19-15-7-1-4-13(10-15)11-21-22-17(23)12-24-16-8-2-5-14-6-3-9-20-18(14)16/h1-11H,12H2,(H,22,23)/b21-11-. The van der Waals surface area contributed by atoms with Crippen LogP contribution in [-0.4, -0.2) is 22.9 Å². The Morgan fingerprint density at radius 2 is 2.04 bits per heavy atom. The van der Waals surface area contributed by atoms with Crippen molar-refractivity contribution < 1.29 is 4.79 Å². The van der Waals surface area contributed by atoms with Gasteiger partial charge in [0, 0.05) is 21.5 Å². The van der Waals surface area contributed by atoms with Crippen LogP contribution in [-0.2, 0) is 4.79 Å². The fraction of sp³-hybridized carbons (Fsp3) is 0.0556. The highest BCUT2D eigenvalue weighted by atomic mass is 35.5. The molecule has 0 bridgehead atoms. The molecular weight excluding hydrogens is 342 g/mol. The van der Waals surface area contributed by atoms with Gasteiger partial charge < -0.3 is 0 Å². The monoisotopic (exact) mass is 355 g/mol. The van der Waals surface area contributed by atoms with E-state index in [-0.39, 0.29) is 11.7 Å². The second-order valence-electron chi connectivity index (χ2n) is 4.97. The van der Waals surface area contributed by atoms with Crippen molar-refractivity contribution in [2.45, 2.75) is 4.90 Å². The molecule has 0 aliphatic heterocycles. The third-order valence-corrected chi connectivity index (χ3v) is 4.49. The van der Waals surface area contributed by atoms with E-state index in [1.54, 1.807) is 24.5 Å². The molecule has 0 aliphatic carbocycles. The van der Waals surface area contributed by atoms with Crippen molar-refractivity contribution in [3.05, 3.63) is 71.4 Å². The van der Waals surface area contributed by atoms with Gasteiger partial charge in [0.1, 0.15) is 0 Å². The molecule has 4 nitrogen and oxygen atoms in total. The first-order valence-electron chi connectivity index (χ1n) is 7.26. The fourth-order valence-electron chi connectivity index (χ4n) is 2.13. The molecule has 0 aliphatic rings. The summed E-state index contributed by atoms with van der Waals surface area (Å²) in [6.07, 6.45) is 3.32. The van der Waals surface area contributed by atoms with Crippen molar-refractivity contribution in [1.82, 2.24) is 10.4 Å². The molecule has 3 aromatic rings. The lowest BCUT2D eigenvalue weighted by Crippen LogP contribution is -2.19. The van der Waals surface area contributed by atoms with Gasteiger partial charge in [-0.25, -0.2) is 5.43 Å². The van der Waals surface area contributed by atoms with Crippen LogP contribution < -0.4 is 5.43 Å². The largest absolute Gasteiger partial charge is 0.272 e. The normalized spacial score (nSPS) is 11.0. The van der Waals surface area contributed by atoms with E-state index in [0.29, 0.717) is 5.02 Å². The van der Waals surface area contributed by atoms with Crippen LogP contribution >= 0.6 is 23.4 Å². The van der Waals surface area contributed by atoms with Crippen LogP contribution in [0.4, 0.5) is 0 Å². The number of thioether (sulfide) groups is 1. The SMILES string of the molecule is O=C(CSc1cccc2cccnc12)N/N=C\c1cccc(Cl)c1. The van der Waals surface area contributed by atoms with Crippen molar-refractivity contribution in [1.29, 1.82) is 0 Å². The van der Waals surface area contributed by atoms with E-state index >= 15 is 0 Å². The molecular formula is C18H14ClN3OS. The number of pyridine rings is 1. The van der Waals surface area contributed by atoms with Gasteiger partial charge in [0.05, 0.1) is 17.5 Å². The van der Waals surface area contributed by atoms with Crippen LogP contribution in [0.2, 0.25) is 5.02 Å². The molecule has 0 spiro atoms. The van der Waals surface area contributed by atoms with Gasteiger partial charge in [-0.3, -0.25) is 9.78 Å². The van der Waals surface area contributed by atoms with E-state index in [1.807, 2.05) is 42.5 Å². The van der Waals surface area contributed by atoms with Gasteiger partial charge in [-0.1, -0.05) is 41.9 Å². The molecule has 0 saturated heterocycles. The summed E-state index contributed by atoms with van der Waals surface area (Å²) in [4.78, 5) is 17.3. The number of rotatable bonds is 5. The molecule has 6 heteroatoms. The lowest BCUT2D eigenvalue weighted by molar-refractivity contribution is -0.118. The number of halogens is 1. The number of fused-ring (bicyclic) bond motifs is 1. The van der Waals surface area contributed by atoms with Gasteiger partial charge in [-0.2, -0.15) is 5.10 Å². The second kappa shape index (κ2) is 7.95. The molecule has 1 N–H and O–H groups in total. The van der Waals surface area contributed by atoms with Crippen molar-refractivity contribution in [3.8, 4) is 0 Å². The molecule has 24 heavy (non-hydrogen) atoms. The first-order chi connectivity index (χ1) is 11.7. The Hall–Kier alpha value is -2.37. The number of para-hydroxylation sites is 1. The third-order valence-electron chi connectivity index (χ3n) is 3.21. The smallest absolute Gasteiger partial charge is 0.250 e. The van der Waals surface area contributed by atoms with Crippen LogP contribution in [0, 0.1) is 0 Å². The second-order valence-corrected chi connectivity index (χ2v) is 6.42. The predicted molar refractivity (Wildman–Crippen MR) is 99.7 cm³/mol. The van der Waals surface area contributed by atoms with Gasteiger partial charge in [-0.05, 0) is 29.8 Å². The number of hydrogen-bond donors (Lipinski definition) is 1. The molecule has 1 aromatic heterocycles. The minimum atomic E-state index is -0.175. The summed E-state index contributed by atoms with van der Waals surface area (Å²) in [6, 6.07) is 17.1. The summed E-state index contributed by atoms with van der Waals surface area (Å²) in [5.41, 5.74) is 4.25. The zero-order chi connectivity index (χ0) is 16.8. The minimum Gasteiger partial charge on any atom is -0.272 e. The number of nitrogens with one attached hydrogen (secondary N) is 1. The maximum Gasteiger partial charge on any atom is 0.250 e. The van der Waals surface area contributed by atoms with Crippen LogP contribution in [0.5, 0.6) is 0 Å². The summed E-state index contributed by atoms with van der Waals surface area (Å²) in [6.45, 7) is 0. The Balaban J connectivity index is 1.57. The van der Waals surface area contributed by atoms with Gasteiger partial charge in [0.25, 0.3) is 0 Å². The Labute approximate surface area is 148 Å². The number of hydrogen-bond acceptors (Lipinski definition) is 4. The van der Waals surface area contributed by atoms with Crippen molar-refractivity contribution in [3.63, 3.8) is 0 Å². The van der Waals surface area contributed by atoms with Gasteiger partial charge in [0.2, 0.25) is 5.91 Å². The fourth-order valence-corrected chi connectivity index (χ4v) is 3.17. The number of aromatic nitrogens is 1.